The average Bonchev–Trinajstić information content (AvgIpc) is 2.63. The van der Waals surface area contributed by atoms with Gasteiger partial charge in [-0.2, -0.15) is 10.2 Å². The van der Waals surface area contributed by atoms with Crippen LogP contribution >= 0.6 is 0 Å². The number of rotatable bonds is 3. The smallest absolute Gasteiger partial charge is 0.264 e. The number of hydrogen-bond donors (Lipinski definition) is 3. The third kappa shape index (κ3) is 1.81. The first-order valence-corrected chi connectivity index (χ1v) is 5.11. The molecule has 4 N–H and O–H groups in total. The first-order chi connectivity index (χ1) is 7.72. The number of nitrogens with two attached hydrogens (primary N) is 1. The minimum atomic E-state index is -0.228. The van der Waals surface area contributed by atoms with Crippen LogP contribution in [0.4, 0.5) is 5.82 Å². The third-order valence-corrected chi connectivity index (χ3v) is 2.33. The van der Waals surface area contributed by atoms with E-state index in [4.69, 9.17) is 5.73 Å². The maximum absolute atomic E-state index is 10.9. The van der Waals surface area contributed by atoms with E-state index in [9.17, 15) is 4.79 Å². The van der Waals surface area contributed by atoms with Crippen LogP contribution in [-0.2, 0) is 6.42 Å². The van der Waals surface area contributed by atoms with Crippen molar-refractivity contribution in [3.63, 3.8) is 0 Å². The van der Waals surface area contributed by atoms with Crippen LogP contribution in [0.1, 0.15) is 18.9 Å². The summed E-state index contributed by atoms with van der Waals surface area (Å²) in [7, 11) is 0. The molecule has 6 heteroatoms. The van der Waals surface area contributed by atoms with E-state index in [1.807, 2.05) is 0 Å². The molecule has 0 radical (unpaired) electrons. The number of nitrogens with one attached hydrogen (secondary N) is 2. The van der Waals surface area contributed by atoms with Gasteiger partial charge in [0.1, 0.15) is 11.5 Å². The Kier molecular flexibility index (Phi) is 2.72. The highest BCUT2D eigenvalue weighted by Gasteiger charge is 2.12. The number of aromatic amines is 2. The molecule has 0 amide bonds. The Morgan fingerprint density at radius 3 is 2.75 bits per heavy atom. The van der Waals surface area contributed by atoms with E-state index < -0.39 is 0 Å². The fraction of sp³-hybridized carbons (Fsp3) is 0.300. The van der Waals surface area contributed by atoms with E-state index in [-0.39, 0.29) is 5.56 Å². The second kappa shape index (κ2) is 4.18. The molecule has 0 aromatic carbocycles. The first kappa shape index (κ1) is 10.4. The minimum absolute atomic E-state index is 0.228. The van der Waals surface area contributed by atoms with Crippen molar-refractivity contribution in [2.45, 2.75) is 19.8 Å². The monoisotopic (exact) mass is 219 g/mol. The van der Waals surface area contributed by atoms with E-state index >= 15 is 0 Å². The Bertz CT molecular complexity index is 522. The van der Waals surface area contributed by atoms with E-state index in [0.29, 0.717) is 11.5 Å². The standard InChI is InChI=1S/C10H13N5O/c1-2-3-6-9(14-15-10(6)11)7-4-5-8(16)13-12-7/h4-5H,2-3H2,1H3,(H,13,16)(H3,11,14,15). The summed E-state index contributed by atoms with van der Waals surface area (Å²) in [6.45, 7) is 2.07. The van der Waals surface area contributed by atoms with Gasteiger partial charge in [-0.25, -0.2) is 5.10 Å². The Labute approximate surface area is 91.9 Å². The van der Waals surface area contributed by atoms with Crippen LogP contribution in [0, 0.1) is 0 Å². The molecule has 0 aliphatic carbocycles. The molecule has 0 saturated heterocycles. The molecule has 0 atom stereocenters. The van der Waals surface area contributed by atoms with Crippen LogP contribution in [0.2, 0.25) is 0 Å². The summed E-state index contributed by atoms with van der Waals surface area (Å²) in [5, 5.41) is 13.1. The lowest BCUT2D eigenvalue weighted by atomic mass is 10.1. The van der Waals surface area contributed by atoms with Gasteiger partial charge in [0.25, 0.3) is 5.56 Å². The zero-order chi connectivity index (χ0) is 11.5. The van der Waals surface area contributed by atoms with Crippen LogP contribution in [0.25, 0.3) is 11.4 Å². The van der Waals surface area contributed by atoms with Gasteiger partial charge < -0.3 is 5.73 Å². The molecule has 0 saturated carbocycles. The quantitative estimate of drug-likeness (QED) is 0.707. The van der Waals surface area contributed by atoms with Gasteiger partial charge >= 0.3 is 0 Å². The molecule has 84 valence electrons. The van der Waals surface area contributed by atoms with Gasteiger partial charge in [0.15, 0.2) is 0 Å². The van der Waals surface area contributed by atoms with E-state index in [1.165, 1.54) is 6.07 Å². The van der Waals surface area contributed by atoms with E-state index in [2.05, 4.69) is 27.3 Å². The van der Waals surface area contributed by atoms with E-state index in [0.717, 1.165) is 24.1 Å². The van der Waals surface area contributed by atoms with Crippen molar-refractivity contribution in [1.29, 1.82) is 0 Å². The van der Waals surface area contributed by atoms with Crippen molar-refractivity contribution in [3.8, 4) is 11.4 Å². The zero-order valence-electron chi connectivity index (χ0n) is 8.95. The molecule has 0 bridgehead atoms. The first-order valence-electron chi connectivity index (χ1n) is 5.11. The number of aromatic nitrogens is 4. The molecule has 6 nitrogen and oxygen atoms in total. The summed E-state index contributed by atoms with van der Waals surface area (Å²) < 4.78 is 0. The van der Waals surface area contributed by atoms with Crippen molar-refractivity contribution in [1.82, 2.24) is 20.4 Å². The maximum Gasteiger partial charge on any atom is 0.264 e. The zero-order valence-corrected chi connectivity index (χ0v) is 8.95. The Hall–Kier alpha value is -2.11. The lowest BCUT2D eigenvalue weighted by molar-refractivity contribution is 0.921. The fourth-order valence-electron chi connectivity index (χ4n) is 1.58. The molecular formula is C10H13N5O. The summed E-state index contributed by atoms with van der Waals surface area (Å²) in [4.78, 5) is 10.9. The van der Waals surface area contributed by atoms with Gasteiger partial charge in [0.2, 0.25) is 0 Å². The number of H-pyrrole nitrogens is 2. The molecule has 0 spiro atoms. The van der Waals surface area contributed by atoms with Crippen molar-refractivity contribution >= 4 is 5.82 Å². The van der Waals surface area contributed by atoms with Gasteiger partial charge in [-0.05, 0) is 12.5 Å². The van der Waals surface area contributed by atoms with Crippen LogP contribution in [0.3, 0.4) is 0 Å². The topological polar surface area (TPSA) is 100 Å². The van der Waals surface area contributed by atoms with Crippen LogP contribution in [0.5, 0.6) is 0 Å². The molecule has 16 heavy (non-hydrogen) atoms. The fourth-order valence-corrected chi connectivity index (χ4v) is 1.58. The highest BCUT2D eigenvalue weighted by molar-refractivity contribution is 5.64. The van der Waals surface area contributed by atoms with Crippen molar-refractivity contribution in [2.24, 2.45) is 0 Å². The molecule has 2 aromatic rings. The highest BCUT2D eigenvalue weighted by Crippen LogP contribution is 2.23. The number of nitrogens with zero attached hydrogens (tertiary/aromatic N) is 2. The number of hydrogen-bond acceptors (Lipinski definition) is 4. The molecule has 0 aliphatic rings. The van der Waals surface area contributed by atoms with Crippen molar-refractivity contribution < 1.29 is 0 Å². The predicted molar refractivity (Wildman–Crippen MR) is 60.8 cm³/mol. The van der Waals surface area contributed by atoms with E-state index in [1.54, 1.807) is 6.07 Å². The summed E-state index contributed by atoms with van der Waals surface area (Å²) in [6.07, 6.45) is 1.80. The van der Waals surface area contributed by atoms with Crippen molar-refractivity contribution in [2.75, 3.05) is 5.73 Å². The summed E-state index contributed by atoms with van der Waals surface area (Å²) in [6, 6.07) is 3.07. The summed E-state index contributed by atoms with van der Waals surface area (Å²) in [5.74, 6) is 0.491. The lowest BCUT2D eigenvalue weighted by Crippen LogP contribution is -2.06. The SMILES string of the molecule is CCCc1c(N)n[nH]c1-c1ccc(=O)[nH]n1. The predicted octanol–water partition coefficient (Wildman–Crippen LogP) is 0.695. The molecule has 2 rings (SSSR count). The Morgan fingerprint density at radius 1 is 1.31 bits per heavy atom. The molecule has 0 fully saturated rings. The van der Waals surface area contributed by atoms with Gasteiger partial charge in [-0.15, -0.1) is 0 Å². The van der Waals surface area contributed by atoms with Gasteiger partial charge in [0.05, 0.1) is 5.69 Å². The second-order valence-corrected chi connectivity index (χ2v) is 3.52. The van der Waals surface area contributed by atoms with Crippen LogP contribution in [0.15, 0.2) is 16.9 Å². The molecule has 0 unspecified atom stereocenters. The minimum Gasteiger partial charge on any atom is -0.382 e. The number of nitrogen functional groups attached to an aromatic ring is 1. The normalized spacial score (nSPS) is 10.6. The Morgan fingerprint density at radius 2 is 2.12 bits per heavy atom. The van der Waals surface area contributed by atoms with Crippen molar-refractivity contribution in [3.05, 3.63) is 28.0 Å². The third-order valence-electron chi connectivity index (χ3n) is 2.33. The summed E-state index contributed by atoms with van der Waals surface area (Å²) >= 11 is 0. The Balaban J connectivity index is 2.47. The van der Waals surface area contributed by atoms with Gasteiger partial charge in [0, 0.05) is 11.6 Å². The lowest BCUT2D eigenvalue weighted by Gasteiger charge is -2.00. The molecule has 2 heterocycles. The maximum atomic E-state index is 10.9. The second-order valence-electron chi connectivity index (χ2n) is 3.52. The highest BCUT2D eigenvalue weighted by atomic mass is 16.1. The van der Waals surface area contributed by atoms with Gasteiger partial charge in [-0.1, -0.05) is 13.3 Å². The number of anilines is 1. The largest absolute Gasteiger partial charge is 0.382 e. The summed E-state index contributed by atoms with van der Waals surface area (Å²) in [5.41, 5.74) is 7.89. The van der Waals surface area contributed by atoms with Crippen LogP contribution < -0.4 is 11.3 Å². The van der Waals surface area contributed by atoms with Gasteiger partial charge in [-0.3, -0.25) is 9.89 Å². The molecule has 2 aromatic heterocycles. The molecule has 0 aliphatic heterocycles. The molecular weight excluding hydrogens is 206 g/mol. The average molecular weight is 219 g/mol. The van der Waals surface area contributed by atoms with Crippen LogP contribution in [-0.4, -0.2) is 20.4 Å².